The molecule has 3 aromatic carbocycles. The second kappa shape index (κ2) is 8.98. The van der Waals surface area contributed by atoms with E-state index in [2.05, 4.69) is 48.6 Å². The van der Waals surface area contributed by atoms with Gasteiger partial charge in [0.05, 0.1) is 25.7 Å². The number of hydrogen-bond donors (Lipinski definition) is 0. The normalized spacial score (nSPS) is 12.2. The van der Waals surface area contributed by atoms with Crippen molar-refractivity contribution >= 4 is 27.1 Å². The van der Waals surface area contributed by atoms with Crippen LogP contribution in [0.2, 0.25) is 0 Å². The van der Waals surface area contributed by atoms with E-state index in [-0.39, 0.29) is 51.0 Å². The second-order valence-electron chi connectivity index (χ2n) is 5.53. The van der Waals surface area contributed by atoms with Crippen LogP contribution in [0.5, 0.6) is 11.5 Å². The van der Waals surface area contributed by atoms with Gasteiger partial charge in [-0.2, -0.15) is 0 Å². The minimum Gasteiger partial charge on any atom is -1.00 e. The quantitative estimate of drug-likeness (QED) is 0.480. The largest absolute Gasteiger partial charge is 3.00 e. The van der Waals surface area contributed by atoms with Gasteiger partial charge in [0.1, 0.15) is 0 Å². The van der Waals surface area contributed by atoms with Crippen LogP contribution in [0.3, 0.4) is 0 Å². The van der Waals surface area contributed by atoms with Crippen LogP contribution in [0.1, 0.15) is 12.0 Å². The molecule has 0 spiro atoms. The summed E-state index contributed by atoms with van der Waals surface area (Å²) in [6.45, 7) is 0. The maximum Gasteiger partial charge on any atom is 3.00 e. The van der Waals surface area contributed by atoms with Crippen LogP contribution in [0.25, 0.3) is 27.1 Å². The molecular weight excluding hydrogens is 434 g/mol. The summed E-state index contributed by atoms with van der Waals surface area (Å²) in [4.78, 5) is 0. The first-order valence-corrected chi connectivity index (χ1v) is 7.42. The number of hydrogen-bond acceptors (Lipinski definition) is 2. The number of allylic oxidation sites excluding steroid dienone is 4. The Morgan fingerprint density at radius 1 is 0.960 bits per heavy atom. The van der Waals surface area contributed by atoms with Crippen molar-refractivity contribution in [2.75, 3.05) is 14.2 Å². The molecule has 1 radical (unpaired) electrons. The maximum atomic E-state index is 5.61. The third-order valence-electron chi connectivity index (χ3n) is 4.37. The Labute approximate surface area is 179 Å². The van der Waals surface area contributed by atoms with Gasteiger partial charge in [-0.05, 0) is 24.1 Å². The van der Waals surface area contributed by atoms with Gasteiger partial charge in [-0.15, -0.1) is 27.6 Å². The summed E-state index contributed by atoms with van der Waals surface area (Å²) >= 11 is 0. The molecule has 0 aromatic heterocycles. The molecule has 1 aliphatic carbocycles. The van der Waals surface area contributed by atoms with Crippen molar-refractivity contribution in [2.45, 2.75) is 6.42 Å². The molecule has 4 rings (SSSR count). The van der Waals surface area contributed by atoms with E-state index in [4.69, 9.17) is 9.47 Å². The number of fused-ring (bicyclic) bond motifs is 3. The predicted molar refractivity (Wildman–Crippen MR) is 91.9 cm³/mol. The summed E-state index contributed by atoms with van der Waals surface area (Å²) in [5.41, 5.74) is 2.52. The van der Waals surface area contributed by atoms with Gasteiger partial charge in [0.2, 0.25) is 0 Å². The summed E-state index contributed by atoms with van der Waals surface area (Å²) in [5, 5.41) is 4.97. The van der Waals surface area contributed by atoms with Crippen LogP contribution >= 0.6 is 0 Å². The summed E-state index contributed by atoms with van der Waals surface area (Å²) < 4.78 is 11.0. The molecule has 127 valence electrons. The van der Waals surface area contributed by atoms with E-state index in [0.29, 0.717) is 0 Å². The Balaban J connectivity index is 0.00000104. The zero-order valence-corrected chi connectivity index (χ0v) is 17.9. The van der Waals surface area contributed by atoms with Crippen molar-refractivity contribution in [3.8, 4) is 11.5 Å². The van der Waals surface area contributed by atoms with E-state index in [1.54, 1.807) is 14.2 Å². The van der Waals surface area contributed by atoms with Gasteiger partial charge in [-0.25, -0.2) is 0 Å². The molecule has 0 amide bonds. The number of halogens is 2. The SMILES string of the molecule is COc1ccc2c(c1)[cH-]c1c(C3=CC=CC3)c(OC)ccc12.[Cl-].[Cl-].[Zr+3]. The molecule has 25 heavy (non-hydrogen) atoms. The van der Waals surface area contributed by atoms with E-state index in [1.165, 1.54) is 32.7 Å². The molecule has 0 fully saturated rings. The molecule has 0 N–H and O–H groups in total. The van der Waals surface area contributed by atoms with Gasteiger partial charge in [-0.3, -0.25) is 0 Å². The smallest absolute Gasteiger partial charge is 1.00 e. The van der Waals surface area contributed by atoms with Crippen molar-refractivity contribution in [3.63, 3.8) is 0 Å². The molecule has 1 aliphatic rings. The van der Waals surface area contributed by atoms with Crippen LogP contribution < -0.4 is 34.3 Å². The van der Waals surface area contributed by atoms with E-state index in [1.807, 2.05) is 6.07 Å². The minimum atomic E-state index is 0. The summed E-state index contributed by atoms with van der Waals surface area (Å²) in [6, 6.07) is 12.7. The number of rotatable bonds is 3. The molecule has 0 unspecified atom stereocenters. The Morgan fingerprint density at radius 2 is 1.72 bits per heavy atom. The van der Waals surface area contributed by atoms with Gasteiger partial charge in [-0.1, -0.05) is 42.0 Å². The minimum absolute atomic E-state index is 0. The molecule has 0 bridgehead atoms. The first-order valence-electron chi connectivity index (χ1n) is 7.42. The first kappa shape index (κ1) is 21.9. The van der Waals surface area contributed by atoms with E-state index in [0.717, 1.165) is 17.9 Å². The van der Waals surface area contributed by atoms with Gasteiger partial charge >= 0.3 is 26.2 Å². The van der Waals surface area contributed by atoms with Crippen LogP contribution in [0.4, 0.5) is 0 Å². The fourth-order valence-corrected chi connectivity index (χ4v) is 3.31. The van der Waals surface area contributed by atoms with Crippen LogP contribution in [-0.4, -0.2) is 14.2 Å². The molecule has 5 heteroatoms. The summed E-state index contributed by atoms with van der Waals surface area (Å²) in [7, 11) is 3.44. The molecule has 3 aromatic rings. The van der Waals surface area contributed by atoms with Crippen LogP contribution in [0, 0.1) is 0 Å². The predicted octanol–water partition coefficient (Wildman–Crippen LogP) is -0.922. The van der Waals surface area contributed by atoms with E-state index in [9.17, 15) is 0 Å². The van der Waals surface area contributed by atoms with Crippen LogP contribution in [-0.2, 0) is 26.2 Å². The molecule has 0 saturated carbocycles. The molecule has 0 atom stereocenters. The van der Waals surface area contributed by atoms with Gasteiger partial charge < -0.3 is 34.3 Å². The third-order valence-corrected chi connectivity index (χ3v) is 4.37. The Hall–Kier alpha value is -1.15. The molecule has 0 heterocycles. The van der Waals surface area contributed by atoms with Crippen molar-refractivity contribution in [2.24, 2.45) is 0 Å². The Morgan fingerprint density at radius 3 is 2.36 bits per heavy atom. The molecule has 2 nitrogen and oxygen atoms in total. The van der Waals surface area contributed by atoms with E-state index >= 15 is 0 Å². The third kappa shape index (κ3) is 3.70. The monoisotopic (exact) mass is 449 g/mol. The summed E-state index contributed by atoms with van der Waals surface area (Å²) in [5.74, 6) is 1.82. The maximum absolute atomic E-state index is 5.61. The van der Waals surface area contributed by atoms with E-state index < -0.39 is 0 Å². The standard InChI is InChI=1S/C20H17O2.2ClH.Zr/c1-21-15-7-8-16-14(11-15)12-18-17(16)9-10-19(22-2)20(18)13-5-3-4-6-13;;;/h3-5,7-12H,6H2,1-2H3;2*1H;/q-1;;;+3/p-2. The zero-order chi connectivity index (χ0) is 15.1. The first-order chi connectivity index (χ1) is 10.8. The fraction of sp³-hybridized carbons (Fsp3) is 0.150. The molecule has 0 aliphatic heterocycles. The van der Waals surface area contributed by atoms with Gasteiger partial charge in [0.25, 0.3) is 0 Å². The van der Waals surface area contributed by atoms with Gasteiger partial charge in [0, 0.05) is 0 Å². The average Bonchev–Trinajstić information content (AvgIpc) is 3.20. The average molecular weight is 451 g/mol. The van der Waals surface area contributed by atoms with Gasteiger partial charge in [0.15, 0.2) is 0 Å². The van der Waals surface area contributed by atoms with Crippen molar-refractivity contribution in [1.82, 2.24) is 0 Å². The molecule has 0 saturated heterocycles. The Bertz CT molecular complexity index is 942. The number of benzene rings is 2. The topological polar surface area (TPSA) is 18.5 Å². The summed E-state index contributed by atoms with van der Waals surface area (Å²) in [6.07, 6.45) is 7.43. The van der Waals surface area contributed by atoms with Crippen molar-refractivity contribution < 1.29 is 60.5 Å². The van der Waals surface area contributed by atoms with Crippen molar-refractivity contribution in [3.05, 3.63) is 60.2 Å². The van der Waals surface area contributed by atoms with Crippen LogP contribution in [0.15, 0.2) is 54.6 Å². The number of ether oxygens (including phenoxy) is 2. The zero-order valence-electron chi connectivity index (χ0n) is 14.0. The molecular formula is C20H17Cl2O2Zr. The fourth-order valence-electron chi connectivity index (χ4n) is 3.31. The van der Waals surface area contributed by atoms with Crippen molar-refractivity contribution in [1.29, 1.82) is 0 Å². The second-order valence-corrected chi connectivity index (χ2v) is 5.53. The number of methoxy groups -OCH3 is 2. The Kier molecular flexibility index (Phi) is 7.87.